The molecule has 78 valence electrons. The predicted octanol–water partition coefficient (Wildman–Crippen LogP) is 1.98. The molecule has 0 aromatic carbocycles. The van der Waals surface area contributed by atoms with E-state index in [1.807, 2.05) is 13.8 Å². The minimum Gasteiger partial charge on any atom is -0.469 e. The average Bonchev–Trinajstić information content (AvgIpc) is 2.21. The summed E-state index contributed by atoms with van der Waals surface area (Å²) in [5.41, 5.74) is 0. The number of hydrogen-bond donors (Lipinski definition) is 0. The lowest BCUT2D eigenvalue weighted by atomic mass is 10.4. The maximum Gasteiger partial charge on any atom is 0.313 e. The summed E-state index contributed by atoms with van der Waals surface area (Å²) in [6.07, 6.45) is 1.69. The second kappa shape index (κ2) is 7.44. The second-order valence-corrected chi connectivity index (χ2v) is 2.86. The highest BCUT2D eigenvalue weighted by atomic mass is 79.9. The monoisotopic (exact) mass is 260 g/mol. The van der Waals surface area contributed by atoms with Crippen LogP contribution in [0, 0.1) is 0 Å². The van der Waals surface area contributed by atoms with Gasteiger partial charge in [-0.25, -0.2) is 9.97 Å². The van der Waals surface area contributed by atoms with Crippen molar-refractivity contribution >= 4 is 21.9 Å². The minimum absolute atomic E-state index is 0.107. The highest BCUT2D eigenvalue weighted by molar-refractivity contribution is 9.10. The number of methoxy groups -OCH3 is 1. The third-order valence-corrected chi connectivity index (χ3v) is 1.64. The van der Waals surface area contributed by atoms with E-state index in [2.05, 4.69) is 30.6 Å². The summed E-state index contributed by atoms with van der Waals surface area (Å²) in [5.74, 6) is 0.115. The molecule has 0 aliphatic rings. The third-order valence-electron chi connectivity index (χ3n) is 1.20. The van der Waals surface area contributed by atoms with Gasteiger partial charge < -0.3 is 4.74 Å². The second-order valence-electron chi connectivity index (χ2n) is 2.05. The van der Waals surface area contributed by atoms with Crippen LogP contribution in [-0.4, -0.2) is 23.0 Å². The van der Waals surface area contributed by atoms with Crippen molar-refractivity contribution in [1.82, 2.24) is 9.97 Å². The van der Waals surface area contributed by atoms with Crippen LogP contribution in [0.15, 0.2) is 16.9 Å². The molecule has 0 aliphatic carbocycles. The van der Waals surface area contributed by atoms with Crippen LogP contribution in [0.5, 0.6) is 0 Å². The van der Waals surface area contributed by atoms with E-state index in [1.165, 1.54) is 7.11 Å². The summed E-state index contributed by atoms with van der Waals surface area (Å²) in [7, 11) is 1.33. The zero-order valence-electron chi connectivity index (χ0n) is 8.45. The lowest BCUT2D eigenvalue weighted by Crippen LogP contribution is -2.07. The van der Waals surface area contributed by atoms with Crippen LogP contribution in [0.1, 0.15) is 19.7 Å². The maximum atomic E-state index is 10.8. The molecule has 1 rings (SSSR count). The van der Waals surface area contributed by atoms with E-state index in [0.717, 1.165) is 0 Å². The number of rotatable bonds is 2. The molecule has 0 atom stereocenters. The Hall–Kier alpha value is -0.970. The first-order valence-electron chi connectivity index (χ1n) is 4.26. The minimum atomic E-state index is -0.340. The molecule has 0 spiro atoms. The van der Waals surface area contributed by atoms with Crippen molar-refractivity contribution in [3.05, 3.63) is 22.7 Å². The average molecular weight is 261 g/mol. The smallest absolute Gasteiger partial charge is 0.313 e. The van der Waals surface area contributed by atoms with Crippen LogP contribution >= 0.6 is 15.9 Å². The number of nitrogens with zero attached hydrogens (tertiary/aromatic N) is 2. The highest BCUT2D eigenvalue weighted by Crippen LogP contribution is 2.04. The molecule has 1 aromatic rings. The zero-order chi connectivity index (χ0) is 11.0. The molecule has 1 heterocycles. The Bertz CT molecular complexity index is 292. The molecule has 0 N–H and O–H groups in total. The van der Waals surface area contributed by atoms with Crippen LogP contribution in [0.4, 0.5) is 0 Å². The van der Waals surface area contributed by atoms with Gasteiger partial charge in [0, 0.05) is 6.20 Å². The van der Waals surface area contributed by atoms with Gasteiger partial charge >= 0.3 is 5.97 Å². The van der Waals surface area contributed by atoms with Gasteiger partial charge in [-0.05, 0) is 22.0 Å². The normalized spacial score (nSPS) is 8.57. The Morgan fingerprint density at radius 1 is 1.57 bits per heavy atom. The molecule has 0 unspecified atom stereocenters. The van der Waals surface area contributed by atoms with Gasteiger partial charge in [0.1, 0.15) is 16.8 Å². The van der Waals surface area contributed by atoms with Crippen LogP contribution in [0.3, 0.4) is 0 Å². The van der Waals surface area contributed by atoms with Crippen molar-refractivity contribution in [3.8, 4) is 0 Å². The topological polar surface area (TPSA) is 52.1 Å². The van der Waals surface area contributed by atoms with E-state index in [0.29, 0.717) is 10.4 Å². The van der Waals surface area contributed by atoms with Crippen molar-refractivity contribution in [1.29, 1.82) is 0 Å². The molecule has 0 amide bonds. The fourth-order valence-electron chi connectivity index (χ4n) is 0.661. The molecule has 5 heteroatoms. The van der Waals surface area contributed by atoms with Crippen molar-refractivity contribution in [2.24, 2.45) is 0 Å². The molecule has 0 fully saturated rings. The maximum absolute atomic E-state index is 10.8. The zero-order valence-corrected chi connectivity index (χ0v) is 10.0. The molecule has 0 saturated carbocycles. The summed E-state index contributed by atoms with van der Waals surface area (Å²) in [6.45, 7) is 4.00. The molecule has 0 radical (unpaired) electrons. The predicted molar refractivity (Wildman–Crippen MR) is 56.8 cm³/mol. The summed E-state index contributed by atoms with van der Waals surface area (Å²) in [6, 6.07) is 1.70. The number of esters is 1. The van der Waals surface area contributed by atoms with Crippen LogP contribution in [-0.2, 0) is 16.0 Å². The number of halogens is 1. The van der Waals surface area contributed by atoms with Gasteiger partial charge in [-0.1, -0.05) is 13.8 Å². The van der Waals surface area contributed by atoms with Crippen molar-refractivity contribution < 1.29 is 9.53 Å². The number of carbonyl (C=O) groups is 1. The Morgan fingerprint density at radius 2 is 2.21 bits per heavy atom. The van der Waals surface area contributed by atoms with E-state index in [4.69, 9.17) is 0 Å². The van der Waals surface area contributed by atoms with Gasteiger partial charge in [-0.15, -0.1) is 0 Å². The first-order valence-corrected chi connectivity index (χ1v) is 5.06. The molecule has 4 nitrogen and oxygen atoms in total. The quantitative estimate of drug-likeness (QED) is 0.603. The third kappa shape index (κ3) is 4.91. The van der Waals surface area contributed by atoms with Crippen molar-refractivity contribution in [2.45, 2.75) is 20.3 Å². The van der Waals surface area contributed by atoms with Gasteiger partial charge in [-0.2, -0.15) is 0 Å². The fourth-order valence-corrected chi connectivity index (χ4v) is 0.984. The molecular formula is C9H13BrN2O2. The molecule has 1 aromatic heterocycles. The standard InChI is InChI=1S/C7H7BrN2O2.C2H6/c1-12-7(11)4-6-9-3-2-5(8)10-6;1-2/h2-3H,4H2,1H3;1-2H3. The van der Waals surface area contributed by atoms with Gasteiger partial charge in [-0.3, -0.25) is 4.79 Å². The largest absolute Gasteiger partial charge is 0.469 e. The summed E-state index contributed by atoms with van der Waals surface area (Å²) in [5, 5.41) is 0. The van der Waals surface area contributed by atoms with E-state index >= 15 is 0 Å². The Kier molecular flexibility index (Phi) is 6.92. The lowest BCUT2D eigenvalue weighted by molar-refractivity contribution is -0.139. The Balaban J connectivity index is 0.000000791. The lowest BCUT2D eigenvalue weighted by Gasteiger charge is -1.97. The molecule has 0 saturated heterocycles. The van der Waals surface area contributed by atoms with Gasteiger partial charge in [0.15, 0.2) is 0 Å². The van der Waals surface area contributed by atoms with Crippen molar-refractivity contribution in [3.63, 3.8) is 0 Å². The van der Waals surface area contributed by atoms with E-state index in [-0.39, 0.29) is 12.4 Å². The van der Waals surface area contributed by atoms with E-state index in [1.54, 1.807) is 12.3 Å². The molecule has 0 aliphatic heterocycles. The Labute approximate surface area is 91.8 Å². The summed E-state index contributed by atoms with van der Waals surface area (Å²) >= 11 is 3.17. The molecule has 14 heavy (non-hydrogen) atoms. The first kappa shape index (κ1) is 13.0. The van der Waals surface area contributed by atoms with Gasteiger partial charge in [0.25, 0.3) is 0 Å². The number of ether oxygens (including phenoxy) is 1. The van der Waals surface area contributed by atoms with Crippen molar-refractivity contribution in [2.75, 3.05) is 7.11 Å². The fraction of sp³-hybridized carbons (Fsp3) is 0.444. The molecule has 0 bridgehead atoms. The van der Waals surface area contributed by atoms with E-state index in [9.17, 15) is 4.79 Å². The summed E-state index contributed by atoms with van der Waals surface area (Å²) < 4.78 is 5.12. The van der Waals surface area contributed by atoms with Crippen LogP contribution in [0.25, 0.3) is 0 Å². The SMILES string of the molecule is CC.COC(=O)Cc1nccc(Br)n1. The van der Waals surface area contributed by atoms with Gasteiger partial charge in [0.05, 0.1) is 7.11 Å². The van der Waals surface area contributed by atoms with Crippen LogP contribution < -0.4 is 0 Å². The number of aromatic nitrogens is 2. The van der Waals surface area contributed by atoms with E-state index < -0.39 is 0 Å². The Morgan fingerprint density at radius 3 is 2.71 bits per heavy atom. The number of carbonyl (C=O) groups excluding carboxylic acids is 1. The summed E-state index contributed by atoms with van der Waals surface area (Å²) in [4.78, 5) is 18.6. The van der Waals surface area contributed by atoms with Gasteiger partial charge in [0.2, 0.25) is 0 Å². The number of hydrogen-bond acceptors (Lipinski definition) is 4. The first-order chi connectivity index (χ1) is 6.72. The molecular weight excluding hydrogens is 248 g/mol. The highest BCUT2D eigenvalue weighted by Gasteiger charge is 2.04. The van der Waals surface area contributed by atoms with Crippen LogP contribution in [0.2, 0.25) is 0 Å².